The van der Waals surface area contributed by atoms with Gasteiger partial charge in [0.15, 0.2) is 5.69 Å². The third-order valence-electron chi connectivity index (χ3n) is 8.00. The third-order valence-corrected chi connectivity index (χ3v) is 8.24. The number of fused-ring (bicyclic) bond motifs is 4. The zero-order valence-electron chi connectivity index (χ0n) is 25.4. The van der Waals surface area contributed by atoms with Gasteiger partial charge in [-0.15, -0.1) is 5.10 Å². The molecule has 2 atom stereocenters. The number of nitrogens with zero attached hydrogens (tertiary/aromatic N) is 8. The Kier molecular flexibility index (Phi) is 8.93. The molecule has 1 aliphatic heterocycles. The quantitative estimate of drug-likeness (QED) is 0.224. The minimum atomic E-state index is -4.76. The van der Waals surface area contributed by atoms with E-state index in [0.29, 0.717) is 19.0 Å². The van der Waals surface area contributed by atoms with Gasteiger partial charge in [0.1, 0.15) is 0 Å². The predicted octanol–water partition coefficient (Wildman–Crippen LogP) is 5.75. The Bertz CT molecular complexity index is 2170. The molecule has 5 heterocycles. The van der Waals surface area contributed by atoms with E-state index in [1.165, 1.54) is 47.4 Å². The first kappa shape index (κ1) is 34.3. The van der Waals surface area contributed by atoms with Crippen molar-refractivity contribution in [3.8, 4) is 28.2 Å². The molecule has 1 aliphatic rings. The van der Waals surface area contributed by atoms with Crippen LogP contribution >= 0.6 is 11.6 Å². The number of alkyl halides is 5. The van der Waals surface area contributed by atoms with E-state index in [9.17, 15) is 40.9 Å². The summed E-state index contributed by atoms with van der Waals surface area (Å²) < 4.78 is 84.3. The van der Waals surface area contributed by atoms with E-state index in [0.717, 1.165) is 16.9 Å². The van der Waals surface area contributed by atoms with Gasteiger partial charge in [-0.2, -0.15) is 31.7 Å². The van der Waals surface area contributed by atoms with Crippen LogP contribution in [0.1, 0.15) is 43.6 Å². The van der Waals surface area contributed by atoms with Crippen LogP contribution in [0.25, 0.3) is 28.2 Å². The maximum Gasteiger partial charge on any atom is 0.446 e. The topological polar surface area (TPSA) is 152 Å². The van der Waals surface area contributed by atoms with Crippen molar-refractivity contribution >= 4 is 29.2 Å². The second-order valence-electron chi connectivity index (χ2n) is 11.3. The highest BCUT2D eigenvalue weighted by Gasteiger charge is 2.48. The molecule has 6 rings (SSSR count). The van der Waals surface area contributed by atoms with Crippen molar-refractivity contribution in [2.75, 3.05) is 5.32 Å². The SMILES string of the molecule is C[C@@H]1CCC[C@H](n2cnc(-c3cc(Cl)ccc3-n3cc(C(F)(F)F)nn3)cc2=O)c2cc(ccn2)-c2c(cnn2C(F)(F)C(=O)OF)NC1=O. The number of halogens is 7. The Balaban J connectivity index is 1.45. The highest BCUT2D eigenvalue weighted by atomic mass is 35.5. The molecule has 0 radical (unpaired) electrons. The number of carbonyl (C=O) groups excluding carboxylic acids is 2. The van der Waals surface area contributed by atoms with Gasteiger partial charge in [0, 0.05) is 38.9 Å². The fraction of sp³-hybridized carbons (Fsp3) is 0.267. The number of aromatic nitrogens is 8. The molecule has 0 saturated heterocycles. The Labute approximate surface area is 281 Å². The molecule has 0 fully saturated rings. The molecular formula is C30H22ClF6N9O4. The zero-order chi connectivity index (χ0) is 36.0. The number of benzene rings is 1. The molecule has 0 unspecified atom stereocenters. The second kappa shape index (κ2) is 13.0. The van der Waals surface area contributed by atoms with Gasteiger partial charge in [-0.25, -0.2) is 19.4 Å². The lowest BCUT2D eigenvalue weighted by Crippen LogP contribution is -2.35. The average Bonchev–Trinajstić information content (AvgIpc) is 3.75. The molecule has 1 aromatic carbocycles. The summed E-state index contributed by atoms with van der Waals surface area (Å²) in [5.41, 5.74) is -2.11. The van der Waals surface area contributed by atoms with Crippen LogP contribution in [-0.4, -0.2) is 51.2 Å². The van der Waals surface area contributed by atoms with E-state index in [2.05, 4.69) is 35.6 Å². The summed E-state index contributed by atoms with van der Waals surface area (Å²) in [6.45, 7) is 1.60. The summed E-state index contributed by atoms with van der Waals surface area (Å²) in [4.78, 5) is 50.0. The molecule has 2 bridgehead atoms. The maximum absolute atomic E-state index is 15.0. The van der Waals surface area contributed by atoms with Crippen molar-refractivity contribution in [1.29, 1.82) is 0 Å². The summed E-state index contributed by atoms with van der Waals surface area (Å²) >= 11 is 6.19. The van der Waals surface area contributed by atoms with Crippen LogP contribution in [0.5, 0.6) is 0 Å². The molecule has 1 amide bonds. The summed E-state index contributed by atoms with van der Waals surface area (Å²) in [6, 6.07) is 2.43. The van der Waals surface area contributed by atoms with E-state index >= 15 is 0 Å². The van der Waals surface area contributed by atoms with Crippen LogP contribution in [0.3, 0.4) is 0 Å². The van der Waals surface area contributed by atoms with Crippen LogP contribution < -0.4 is 10.9 Å². The molecule has 0 saturated carbocycles. The molecule has 50 heavy (non-hydrogen) atoms. The minimum Gasteiger partial charge on any atom is -0.323 e. The normalized spacial score (nSPS) is 16.9. The molecule has 5 aromatic rings. The number of rotatable bonds is 5. The van der Waals surface area contributed by atoms with Crippen molar-refractivity contribution in [2.45, 2.75) is 44.5 Å². The van der Waals surface area contributed by atoms with E-state index in [-0.39, 0.29) is 50.0 Å². The highest BCUT2D eigenvalue weighted by molar-refractivity contribution is 6.31. The van der Waals surface area contributed by atoms with Crippen LogP contribution in [-0.2, 0) is 26.8 Å². The van der Waals surface area contributed by atoms with Gasteiger partial charge in [0.25, 0.3) is 5.56 Å². The lowest BCUT2D eigenvalue weighted by atomic mass is 9.97. The van der Waals surface area contributed by atoms with E-state index in [4.69, 9.17) is 11.6 Å². The Morgan fingerprint density at radius 3 is 2.54 bits per heavy atom. The third kappa shape index (κ3) is 6.42. The van der Waals surface area contributed by atoms with Crippen LogP contribution in [0.4, 0.5) is 32.2 Å². The minimum absolute atomic E-state index is 0.0281. The highest BCUT2D eigenvalue weighted by Crippen LogP contribution is 2.37. The lowest BCUT2D eigenvalue weighted by molar-refractivity contribution is -0.227. The number of hydrogen-bond acceptors (Lipinski definition) is 9. The monoisotopic (exact) mass is 721 g/mol. The van der Waals surface area contributed by atoms with Gasteiger partial charge in [-0.05, 0) is 43.2 Å². The predicted molar refractivity (Wildman–Crippen MR) is 161 cm³/mol. The van der Waals surface area contributed by atoms with Gasteiger partial charge in [-0.3, -0.25) is 19.1 Å². The first-order valence-corrected chi connectivity index (χ1v) is 15.0. The molecular weight excluding hydrogens is 700 g/mol. The van der Waals surface area contributed by atoms with Gasteiger partial charge < -0.3 is 5.32 Å². The maximum atomic E-state index is 15.0. The van der Waals surface area contributed by atoms with Crippen molar-refractivity contribution in [1.82, 2.24) is 39.3 Å². The summed E-state index contributed by atoms with van der Waals surface area (Å²) in [7, 11) is 0. The van der Waals surface area contributed by atoms with Crippen molar-refractivity contribution in [3.05, 3.63) is 88.1 Å². The molecule has 1 N–H and O–H groups in total. The zero-order valence-corrected chi connectivity index (χ0v) is 26.2. The van der Waals surface area contributed by atoms with Gasteiger partial charge in [0.2, 0.25) is 5.91 Å². The van der Waals surface area contributed by atoms with Gasteiger partial charge in [0.05, 0.1) is 53.2 Å². The standard InChI is InChI=1S/C30H22ClF6N9O4/c1-15-3-2-4-23(20-9-16(7-8-38-20)26-21(41-27(15)48)12-40-46(26)30(35,36)28(49)50-37)44-14-39-19(11-25(44)47)18-10-17(31)5-6-22(18)45-13-24(42-43-45)29(32,33)34/h5-15,23H,2-4H2,1H3,(H,41,48)/t15-,23+/m1/s1. The van der Waals surface area contributed by atoms with E-state index in [1.807, 2.05) is 0 Å². The largest absolute Gasteiger partial charge is 0.446 e. The number of carbonyl (C=O) groups is 2. The molecule has 260 valence electrons. The number of hydrogen-bond donors (Lipinski definition) is 1. The van der Waals surface area contributed by atoms with Crippen LogP contribution in [0, 0.1) is 5.92 Å². The number of amides is 1. The smallest absolute Gasteiger partial charge is 0.323 e. The van der Waals surface area contributed by atoms with Crippen LogP contribution in [0.15, 0.2) is 66.1 Å². The number of nitrogens with one attached hydrogen (secondary N) is 1. The molecule has 0 spiro atoms. The number of anilines is 1. The molecule has 4 aromatic heterocycles. The van der Waals surface area contributed by atoms with E-state index in [1.54, 1.807) is 6.92 Å². The fourth-order valence-corrected chi connectivity index (χ4v) is 5.66. The van der Waals surface area contributed by atoms with Gasteiger partial charge in [-0.1, -0.05) is 30.2 Å². The summed E-state index contributed by atoms with van der Waals surface area (Å²) in [6.07, 6.45) is 0.124. The van der Waals surface area contributed by atoms with Crippen molar-refractivity contribution < 1.29 is 41.0 Å². The Morgan fingerprint density at radius 2 is 1.84 bits per heavy atom. The Morgan fingerprint density at radius 1 is 1.06 bits per heavy atom. The molecule has 0 aliphatic carbocycles. The molecule has 13 nitrogen and oxygen atoms in total. The fourth-order valence-electron chi connectivity index (χ4n) is 5.49. The van der Waals surface area contributed by atoms with Gasteiger partial charge >= 0.3 is 18.2 Å². The van der Waals surface area contributed by atoms with Crippen molar-refractivity contribution in [2.24, 2.45) is 5.92 Å². The second-order valence-corrected chi connectivity index (χ2v) is 11.7. The van der Waals surface area contributed by atoms with Crippen molar-refractivity contribution in [3.63, 3.8) is 0 Å². The van der Waals surface area contributed by atoms with E-state index < -0.39 is 53.0 Å². The van der Waals surface area contributed by atoms with Crippen LogP contribution in [0.2, 0.25) is 5.02 Å². The summed E-state index contributed by atoms with van der Waals surface area (Å²) in [5.74, 6) is -3.75. The first-order chi connectivity index (χ1) is 23.7. The Hall–Kier alpha value is -5.59. The summed E-state index contributed by atoms with van der Waals surface area (Å²) in [5, 5.41) is 13.0. The number of pyridine rings is 1. The average molecular weight is 722 g/mol. The first-order valence-electron chi connectivity index (χ1n) is 14.6. The lowest BCUT2D eigenvalue weighted by Gasteiger charge is -2.23. The molecule has 20 heteroatoms.